The summed E-state index contributed by atoms with van der Waals surface area (Å²) in [6.45, 7) is 3.72. The van der Waals surface area contributed by atoms with Crippen molar-refractivity contribution < 1.29 is 9.32 Å². The normalized spacial score (nSPS) is 12.1. The van der Waals surface area contributed by atoms with Gasteiger partial charge < -0.3 is 9.84 Å². The number of nitrogens with one attached hydrogen (secondary N) is 1. The Morgan fingerprint density at radius 3 is 2.80 bits per heavy atom. The Morgan fingerprint density at radius 2 is 2.15 bits per heavy atom. The molecular formula is C14H17N3O2S. The highest BCUT2D eigenvalue weighted by Gasteiger charge is 2.10. The molecule has 1 atom stereocenters. The van der Waals surface area contributed by atoms with E-state index in [-0.39, 0.29) is 11.9 Å². The molecule has 0 aliphatic heterocycles. The summed E-state index contributed by atoms with van der Waals surface area (Å²) in [7, 11) is 0. The molecule has 0 radical (unpaired) electrons. The van der Waals surface area contributed by atoms with Crippen LogP contribution in [-0.2, 0) is 10.5 Å². The summed E-state index contributed by atoms with van der Waals surface area (Å²) in [5.41, 5.74) is 1.10. The quantitative estimate of drug-likeness (QED) is 0.885. The summed E-state index contributed by atoms with van der Waals surface area (Å²) >= 11 is 1.47. The minimum atomic E-state index is 0.00608. The van der Waals surface area contributed by atoms with Gasteiger partial charge in [-0.2, -0.15) is 4.98 Å². The molecule has 106 valence electrons. The van der Waals surface area contributed by atoms with Crippen molar-refractivity contribution >= 4 is 17.7 Å². The average molecular weight is 291 g/mol. The zero-order valence-corrected chi connectivity index (χ0v) is 12.3. The summed E-state index contributed by atoms with van der Waals surface area (Å²) in [6.07, 6.45) is 0. The van der Waals surface area contributed by atoms with Crippen LogP contribution in [0.4, 0.5) is 0 Å². The van der Waals surface area contributed by atoms with Gasteiger partial charge in [-0.25, -0.2) is 0 Å². The van der Waals surface area contributed by atoms with E-state index in [1.807, 2.05) is 37.3 Å². The van der Waals surface area contributed by atoms with Crippen LogP contribution < -0.4 is 5.32 Å². The smallest absolute Gasteiger partial charge is 0.230 e. The number of aryl methyl sites for hydroxylation is 1. The van der Waals surface area contributed by atoms with Gasteiger partial charge in [-0.15, -0.1) is 11.8 Å². The maximum Gasteiger partial charge on any atom is 0.230 e. The molecular weight excluding hydrogens is 274 g/mol. The minimum absolute atomic E-state index is 0.00608. The Morgan fingerprint density at radius 1 is 1.40 bits per heavy atom. The van der Waals surface area contributed by atoms with E-state index in [1.54, 1.807) is 6.92 Å². The highest BCUT2D eigenvalue weighted by Crippen LogP contribution is 2.13. The van der Waals surface area contributed by atoms with E-state index in [9.17, 15) is 4.79 Å². The van der Waals surface area contributed by atoms with Crippen molar-refractivity contribution in [1.82, 2.24) is 15.5 Å². The summed E-state index contributed by atoms with van der Waals surface area (Å²) in [6, 6.07) is 9.90. The number of rotatable bonds is 6. The van der Waals surface area contributed by atoms with Gasteiger partial charge in [-0.3, -0.25) is 4.79 Å². The Hall–Kier alpha value is -1.82. The first-order valence-electron chi connectivity index (χ1n) is 6.36. The second-order valence-electron chi connectivity index (χ2n) is 4.42. The number of hydrogen-bond donors (Lipinski definition) is 1. The zero-order chi connectivity index (χ0) is 14.4. The number of hydrogen-bond acceptors (Lipinski definition) is 5. The molecule has 1 aromatic heterocycles. The van der Waals surface area contributed by atoms with Gasteiger partial charge in [0.2, 0.25) is 11.8 Å². The summed E-state index contributed by atoms with van der Waals surface area (Å²) in [5, 5.41) is 6.75. The van der Waals surface area contributed by atoms with Gasteiger partial charge in [0.1, 0.15) is 0 Å². The predicted octanol–water partition coefficient (Wildman–Crippen LogP) is 2.49. The largest absolute Gasteiger partial charge is 0.349 e. The third-order valence-corrected chi connectivity index (χ3v) is 3.64. The van der Waals surface area contributed by atoms with Crippen LogP contribution in [0, 0.1) is 6.92 Å². The van der Waals surface area contributed by atoms with Crippen LogP contribution in [0.15, 0.2) is 34.9 Å². The Balaban J connectivity index is 1.73. The van der Waals surface area contributed by atoms with Crippen molar-refractivity contribution in [3.63, 3.8) is 0 Å². The molecule has 2 aromatic rings. The summed E-state index contributed by atoms with van der Waals surface area (Å²) in [5.74, 6) is 2.13. The van der Waals surface area contributed by atoms with Gasteiger partial charge in [0.15, 0.2) is 5.82 Å². The molecule has 0 spiro atoms. The fourth-order valence-electron chi connectivity index (χ4n) is 1.74. The summed E-state index contributed by atoms with van der Waals surface area (Å²) < 4.78 is 4.87. The van der Waals surface area contributed by atoms with E-state index in [4.69, 9.17) is 4.52 Å². The molecule has 0 saturated heterocycles. The van der Waals surface area contributed by atoms with Crippen molar-refractivity contribution in [2.24, 2.45) is 0 Å². The number of aromatic nitrogens is 2. The fraction of sp³-hybridized carbons (Fsp3) is 0.357. The van der Waals surface area contributed by atoms with Crippen molar-refractivity contribution in [3.05, 3.63) is 47.6 Å². The first-order valence-corrected chi connectivity index (χ1v) is 7.52. The first kappa shape index (κ1) is 14.6. The zero-order valence-electron chi connectivity index (χ0n) is 11.5. The highest BCUT2D eigenvalue weighted by molar-refractivity contribution is 7.99. The predicted molar refractivity (Wildman–Crippen MR) is 78.2 cm³/mol. The van der Waals surface area contributed by atoms with Crippen LogP contribution in [-0.4, -0.2) is 21.8 Å². The molecule has 0 aliphatic carbocycles. The van der Waals surface area contributed by atoms with Crippen LogP contribution >= 0.6 is 11.8 Å². The lowest BCUT2D eigenvalue weighted by Gasteiger charge is -2.13. The molecule has 0 bridgehead atoms. The number of carbonyl (C=O) groups is 1. The molecule has 1 N–H and O–H groups in total. The van der Waals surface area contributed by atoms with Crippen LogP contribution in [0.5, 0.6) is 0 Å². The second kappa shape index (κ2) is 7.09. The first-order chi connectivity index (χ1) is 9.65. The third kappa shape index (κ3) is 4.38. The lowest BCUT2D eigenvalue weighted by molar-refractivity contribution is -0.119. The third-order valence-electron chi connectivity index (χ3n) is 2.71. The van der Waals surface area contributed by atoms with E-state index in [0.29, 0.717) is 23.2 Å². The Kier molecular flexibility index (Phi) is 5.17. The fourth-order valence-corrected chi connectivity index (χ4v) is 2.41. The van der Waals surface area contributed by atoms with Crippen LogP contribution in [0.1, 0.15) is 30.2 Å². The van der Waals surface area contributed by atoms with Gasteiger partial charge in [0, 0.05) is 6.92 Å². The molecule has 1 unspecified atom stereocenters. The van der Waals surface area contributed by atoms with Crippen LogP contribution in [0.3, 0.4) is 0 Å². The van der Waals surface area contributed by atoms with E-state index < -0.39 is 0 Å². The van der Waals surface area contributed by atoms with Crippen molar-refractivity contribution in [3.8, 4) is 0 Å². The molecule has 6 heteroatoms. The topological polar surface area (TPSA) is 68.0 Å². The number of benzene rings is 1. The van der Waals surface area contributed by atoms with Gasteiger partial charge in [-0.1, -0.05) is 35.5 Å². The van der Waals surface area contributed by atoms with Crippen molar-refractivity contribution in [1.29, 1.82) is 0 Å². The monoisotopic (exact) mass is 291 g/mol. The van der Waals surface area contributed by atoms with Gasteiger partial charge >= 0.3 is 0 Å². The lowest BCUT2D eigenvalue weighted by atomic mass is 10.1. The number of amides is 1. The van der Waals surface area contributed by atoms with Gasteiger partial charge in [0.05, 0.1) is 17.5 Å². The Labute approximate surface area is 122 Å². The molecule has 5 nitrogen and oxygen atoms in total. The maximum absolute atomic E-state index is 11.8. The number of thioether (sulfide) groups is 1. The lowest BCUT2D eigenvalue weighted by Crippen LogP contribution is -2.28. The van der Waals surface area contributed by atoms with E-state index in [2.05, 4.69) is 15.5 Å². The van der Waals surface area contributed by atoms with Crippen LogP contribution in [0.25, 0.3) is 0 Å². The molecule has 20 heavy (non-hydrogen) atoms. The molecule has 1 aromatic carbocycles. The molecule has 1 amide bonds. The van der Waals surface area contributed by atoms with Gasteiger partial charge in [0.25, 0.3) is 0 Å². The molecule has 0 fully saturated rings. The highest BCUT2D eigenvalue weighted by atomic mass is 32.2. The van der Waals surface area contributed by atoms with Crippen LogP contribution in [0.2, 0.25) is 0 Å². The second-order valence-corrected chi connectivity index (χ2v) is 5.41. The van der Waals surface area contributed by atoms with Crippen molar-refractivity contribution in [2.45, 2.75) is 25.6 Å². The molecule has 0 saturated carbocycles. The standard InChI is InChI=1S/C14H17N3O2S/c1-10(12-6-4-3-5-7-12)15-14(18)9-20-8-13-16-11(2)19-17-13/h3-7,10H,8-9H2,1-2H3,(H,15,18). The van der Waals surface area contributed by atoms with Gasteiger partial charge in [-0.05, 0) is 12.5 Å². The molecule has 0 aliphatic rings. The maximum atomic E-state index is 11.8. The minimum Gasteiger partial charge on any atom is -0.349 e. The number of nitrogens with zero attached hydrogens (tertiary/aromatic N) is 2. The summed E-state index contributed by atoms with van der Waals surface area (Å²) in [4.78, 5) is 15.9. The van der Waals surface area contributed by atoms with E-state index in [0.717, 1.165) is 5.56 Å². The Bertz CT molecular complexity index is 557. The number of carbonyl (C=O) groups excluding carboxylic acids is 1. The van der Waals surface area contributed by atoms with Crippen molar-refractivity contribution in [2.75, 3.05) is 5.75 Å². The SMILES string of the molecule is Cc1nc(CSCC(=O)NC(C)c2ccccc2)no1. The van der Waals surface area contributed by atoms with E-state index >= 15 is 0 Å². The average Bonchev–Trinajstić information content (AvgIpc) is 2.85. The molecule has 1 heterocycles. The van der Waals surface area contributed by atoms with E-state index in [1.165, 1.54) is 11.8 Å². The molecule has 2 rings (SSSR count).